The van der Waals surface area contributed by atoms with Gasteiger partial charge in [0.15, 0.2) is 5.78 Å². The number of rotatable bonds is 2. The van der Waals surface area contributed by atoms with E-state index in [1.165, 1.54) is 0 Å². The lowest BCUT2D eigenvalue weighted by Crippen LogP contribution is -2.19. The van der Waals surface area contributed by atoms with Crippen molar-refractivity contribution in [2.24, 2.45) is 5.92 Å². The highest BCUT2D eigenvalue weighted by atomic mass is 35.5. The van der Waals surface area contributed by atoms with Gasteiger partial charge in [-0.15, -0.1) is 0 Å². The first-order valence-corrected chi connectivity index (χ1v) is 6.47. The first-order chi connectivity index (χ1) is 8.47. The van der Waals surface area contributed by atoms with Gasteiger partial charge in [0.25, 0.3) is 0 Å². The van der Waals surface area contributed by atoms with E-state index in [-0.39, 0.29) is 5.78 Å². The van der Waals surface area contributed by atoms with Gasteiger partial charge >= 0.3 is 0 Å². The van der Waals surface area contributed by atoms with Crippen LogP contribution in [0.5, 0.6) is 0 Å². The van der Waals surface area contributed by atoms with E-state index in [0.29, 0.717) is 28.1 Å². The molecule has 1 aliphatic carbocycles. The third-order valence-electron chi connectivity index (χ3n) is 2.89. The zero-order valence-electron chi connectivity index (χ0n) is 9.97. The van der Waals surface area contributed by atoms with Crippen LogP contribution in [0.4, 0.5) is 11.4 Å². The van der Waals surface area contributed by atoms with Crippen LogP contribution in [0, 0.1) is 5.92 Å². The van der Waals surface area contributed by atoms with E-state index < -0.39 is 0 Å². The highest BCUT2D eigenvalue weighted by Gasteiger charge is 2.23. The van der Waals surface area contributed by atoms with Gasteiger partial charge in [-0.2, -0.15) is 0 Å². The van der Waals surface area contributed by atoms with Crippen molar-refractivity contribution < 1.29 is 4.79 Å². The Morgan fingerprint density at radius 2 is 2.06 bits per heavy atom. The molecular weight excluding hydrogens is 271 g/mol. The first kappa shape index (κ1) is 13.2. The zero-order valence-corrected chi connectivity index (χ0v) is 11.5. The van der Waals surface area contributed by atoms with Crippen LogP contribution in [0.1, 0.15) is 19.8 Å². The number of benzene rings is 1. The number of Topliss-reactive ketones (excluding diaryl/α,β-unsaturated/α-hetero) is 1. The van der Waals surface area contributed by atoms with Gasteiger partial charge in [0, 0.05) is 17.8 Å². The summed E-state index contributed by atoms with van der Waals surface area (Å²) < 4.78 is 0. The molecule has 1 aliphatic rings. The second-order valence-corrected chi connectivity index (χ2v) is 5.38. The number of carbonyl (C=O) groups excluding carboxylic acids is 1. The van der Waals surface area contributed by atoms with Gasteiger partial charge in [0.2, 0.25) is 0 Å². The van der Waals surface area contributed by atoms with Gasteiger partial charge in [0.1, 0.15) is 5.03 Å². The predicted molar refractivity (Wildman–Crippen MR) is 75.8 cm³/mol. The summed E-state index contributed by atoms with van der Waals surface area (Å²) in [6.45, 7) is 2.03. The van der Waals surface area contributed by atoms with Crippen LogP contribution >= 0.6 is 23.2 Å². The molecule has 3 nitrogen and oxygen atoms in total. The first-order valence-electron chi connectivity index (χ1n) is 5.71. The Morgan fingerprint density at radius 3 is 2.72 bits per heavy atom. The van der Waals surface area contributed by atoms with Crippen LogP contribution in [0.2, 0.25) is 5.02 Å². The number of halogens is 2. The molecule has 0 aliphatic heterocycles. The number of hydrogen-bond donors (Lipinski definition) is 2. The average Bonchev–Trinajstić information content (AvgIpc) is 2.30. The van der Waals surface area contributed by atoms with E-state index in [4.69, 9.17) is 28.9 Å². The lowest BCUT2D eigenvalue weighted by Gasteiger charge is -2.22. The fraction of sp³-hybridized carbons (Fsp3) is 0.308. The van der Waals surface area contributed by atoms with E-state index in [1.54, 1.807) is 18.2 Å². The average molecular weight is 285 g/mol. The molecule has 0 heterocycles. The normalized spacial score (nSPS) is 20.2. The van der Waals surface area contributed by atoms with Crippen LogP contribution in [0.25, 0.3) is 0 Å². The Hall–Kier alpha value is -1.19. The summed E-state index contributed by atoms with van der Waals surface area (Å²) in [6.07, 6.45) is 1.26. The second-order valence-electron chi connectivity index (χ2n) is 4.59. The van der Waals surface area contributed by atoms with Crippen LogP contribution in [0.3, 0.4) is 0 Å². The van der Waals surface area contributed by atoms with E-state index in [2.05, 4.69) is 5.32 Å². The maximum absolute atomic E-state index is 11.7. The summed E-state index contributed by atoms with van der Waals surface area (Å²) in [6, 6.07) is 5.24. The summed E-state index contributed by atoms with van der Waals surface area (Å²) >= 11 is 11.9. The minimum Gasteiger partial charge on any atom is -0.397 e. The number of hydrogen-bond acceptors (Lipinski definition) is 3. The lowest BCUT2D eigenvalue weighted by molar-refractivity contribution is -0.116. The Kier molecular flexibility index (Phi) is 3.83. The Morgan fingerprint density at radius 1 is 1.33 bits per heavy atom. The summed E-state index contributed by atoms with van der Waals surface area (Å²) in [5.74, 6) is 0.284. The van der Waals surface area contributed by atoms with Gasteiger partial charge in [-0.05, 0) is 30.5 Å². The molecule has 3 N–H and O–H groups in total. The Bertz CT molecular complexity index is 526. The molecule has 0 saturated carbocycles. The quantitative estimate of drug-likeness (QED) is 0.813. The number of allylic oxidation sites excluding steroid dienone is 2. The van der Waals surface area contributed by atoms with E-state index in [0.717, 1.165) is 17.8 Å². The van der Waals surface area contributed by atoms with Crippen molar-refractivity contribution in [3.63, 3.8) is 0 Å². The molecule has 18 heavy (non-hydrogen) atoms. The van der Waals surface area contributed by atoms with Gasteiger partial charge in [0.05, 0.1) is 10.7 Å². The molecule has 1 atom stereocenters. The summed E-state index contributed by atoms with van der Waals surface area (Å²) in [7, 11) is 0. The molecular formula is C13H14Cl2N2O. The maximum Gasteiger partial charge on any atom is 0.176 e. The molecule has 1 unspecified atom stereocenters. The zero-order chi connectivity index (χ0) is 13.3. The molecule has 5 heteroatoms. The third-order valence-corrected chi connectivity index (χ3v) is 3.67. The molecule has 0 fully saturated rings. The molecule has 1 aromatic rings. The summed E-state index contributed by atoms with van der Waals surface area (Å²) in [5.41, 5.74) is 7.76. The standard InChI is InChI=1S/C13H14Cl2N2O/c1-7-4-11(13(15)12(18)5-7)17-8-2-3-9(14)10(16)6-8/h2-3,6-7,17H,4-5,16H2,1H3. The molecule has 0 aromatic heterocycles. The van der Waals surface area contributed by atoms with Gasteiger partial charge in [-0.3, -0.25) is 4.79 Å². The minimum absolute atomic E-state index is 0.0140. The molecule has 0 radical (unpaired) electrons. The van der Waals surface area contributed by atoms with Crippen molar-refractivity contribution in [2.75, 3.05) is 11.1 Å². The van der Waals surface area contributed by atoms with Crippen molar-refractivity contribution in [3.8, 4) is 0 Å². The monoisotopic (exact) mass is 284 g/mol. The number of nitrogens with two attached hydrogens (primary N) is 1. The van der Waals surface area contributed by atoms with Crippen LogP contribution in [0.15, 0.2) is 28.9 Å². The second kappa shape index (κ2) is 5.21. The summed E-state index contributed by atoms with van der Waals surface area (Å²) in [4.78, 5) is 11.7. The van der Waals surface area contributed by atoms with Crippen LogP contribution in [-0.4, -0.2) is 5.78 Å². The fourth-order valence-electron chi connectivity index (χ4n) is 1.99. The van der Waals surface area contributed by atoms with E-state index in [1.807, 2.05) is 6.92 Å². The predicted octanol–water partition coefficient (Wildman–Crippen LogP) is 3.78. The Balaban J connectivity index is 2.25. The van der Waals surface area contributed by atoms with Crippen molar-refractivity contribution >= 4 is 40.4 Å². The lowest BCUT2D eigenvalue weighted by atomic mass is 9.92. The molecule has 2 rings (SSSR count). The topological polar surface area (TPSA) is 55.1 Å². The molecule has 0 saturated heterocycles. The van der Waals surface area contributed by atoms with Crippen molar-refractivity contribution in [1.82, 2.24) is 0 Å². The maximum atomic E-state index is 11.7. The third kappa shape index (κ3) is 2.79. The minimum atomic E-state index is -0.0140. The van der Waals surface area contributed by atoms with Gasteiger partial charge in [-0.1, -0.05) is 30.1 Å². The van der Waals surface area contributed by atoms with Crippen molar-refractivity contribution in [2.45, 2.75) is 19.8 Å². The number of nitrogen functional groups attached to an aromatic ring is 1. The molecule has 0 spiro atoms. The SMILES string of the molecule is CC1CC(=O)C(Cl)=C(Nc2ccc(Cl)c(N)c2)C1. The molecule has 96 valence electrons. The molecule has 0 amide bonds. The van der Waals surface area contributed by atoms with Gasteiger partial charge in [-0.25, -0.2) is 0 Å². The van der Waals surface area contributed by atoms with E-state index in [9.17, 15) is 4.79 Å². The Labute approximate surface area is 116 Å². The van der Waals surface area contributed by atoms with Crippen molar-refractivity contribution in [1.29, 1.82) is 0 Å². The molecule has 1 aromatic carbocycles. The fourth-order valence-corrected chi connectivity index (χ4v) is 2.31. The van der Waals surface area contributed by atoms with Crippen LogP contribution < -0.4 is 11.1 Å². The smallest absolute Gasteiger partial charge is 0.176 e. The number of ketones is 1. The highest BCUT2D eigenvalue weighted by molar-refractivity contribution is 6.43. The highest BCUT2D eigenvalue weighted by Crippen LogP contribution is 2.31. The van der Waals surface area contributed by atoms with Gasteiger partial charge < -0.3 is 11.1 Å². The number of carbonyl (C=O) groups is 1. The van der Waals surface area contributed by atoms with E-state index >= 15 is 0 Å². The largest absolute Gasteiger partial charge is 0.397 e. The summed E-state index contributed by atoms with van der Waals surface area (Å²) in [5, 5.41) is 3.95. The molecule has 0 bridgehead atoms. The number of nitrogens with one attached hydrogen (secondary N) is 1. The van der Waals surface area contributed by atoms with Crippen molar-refractivity contribution in [3.05, 3.63) is 34.0 Å². The number of anilines is 2. The van der Waals surface area contributed by atoms with Crippen LogP contribution in [-0.2, 0) is 4.79 Å².